The molecule has 0 bridgehead atoms. The third-order valence-corrected chi connectivity index (χ3v) is 3.89. The molecule has 0 saturated heterocycles. The van der Waals surface area contributed by atoms with Crippen molar-refractivity contribution in [1.29, 1.82) is 0 Å². The minimum absolute atomic E-state index is 0.0756. The first-order valence-corrected chi connectivity index (χ1v) is 7.31. The zero-order valence-corrected chi connectivity index (χ0v) is 11.2. The van der Waals surface area contributed by atoms with Crippen molar-refractivity contribution in [2.45, 2.75) is 38.1 Å². The molecule has 1 heterocycles. The van der Waals surface area contributed by atoms with E-state index in [1.807, 2.05) is 17.5 Å². The van der Waals surface area contributed by atoms with Crippen LogP contribution in [0.4, 0.5) is 0 Å². The Morgan fingerprint density at radius 3 is 3.00 bits per heavy atom. The SMILES string of the molecule is O=C(CNC1CCCCC1)N/N=C\c1cccs1. The molecule has 2 N–H and O–H groups in total. The number of rotatable bonds is 5. The van der Waals surface area contributed by atoms with E-state index in [0.717, 1.165) is 4.88 Å². The molecule has 1 aliphatic carbocycles. The van der Waals surface area contributed by atoms with Gasteiger partial charge in [-0.1, -0.05) is 25.3 Å². The Kier molecular flexibility index (Phi) is 5.36. The average molecular weight is 265 g/mol. The van der Waals surface area contributed by atoms with Crippen molar-refractivity contribution < 1.29 is 4.79 Å². The van der Waals surface area contributed by atoms with Crippen molar-refractivity contribution in [2.24, 2.45) is 5.10 Å². The zero-order chi connectivity index (χ0) is 12.6. The van der Waals surface area contributed by atoms with Crippen LogP contribution in [0.3, 0.4) is 0 Å². The Bertz CT molecular complexity index is 383. The molecule has 1 amide bonds. The fraction of sp³-hybridized carbons (Fsp3) is 0.538. The number of amides is 1. The molecule has 0 atom stereocenters. The summed E-state index contributed by atoms with van der Waals surface area (Å²) in [6, 6.07) is 4.42. The molecule has 0 aliphatic heterocycles. The molecule has 1 aromatic heterocycles. The summed E-state index contributed by atoms with van der Waals surface area (Å²) in [6.45, 7) is 0.354. The summed E-state index contributed by atoms with van der Waals surface area (Å²) in [4.78, 5) is 12.6. The number of hydrogen-bond donors (Lipinski definition) is 2. The fourth-order valence-electron chi connectivity index (χ4n) is 2.12. The molecular formula is C13H19N3OS. The van der Waals surface area contributed by atoms with Gasteiger partial charge in [0, 0.05) is 10.9 Å². The molecule has 18 heavy (non-hydrogen) atoms. The van der Waals surface area contributed by atoms with E-state index < -0.39 is 0 Å². The van der Waals surface area contributed by atoms with E-state index in [0.29, 0.717) is 12.6 Å². The number of hydrazone groups is 1. The molecule has 2 rings (SSSR count). The van der Waals surface area contributed by atoms with Crippen LogP contribution in [0.2, 0.25) is 0 Å². The second-order valence-corrected chi connectivity index (χ2v) is 5.50. The second-order valence-electron chi connectivity index (χ2n) is 4.52. The van der Waals surface area contributed by atoms with E-state index in [-0.39, 0.29) is 5.91 Å². The zero-order valence-electron chi connectivity index (χ0n) is 10.4. The molecule has 1 aromatic rings. The average Bonchev–Trinajstić information content (AvgIpc) is 2.91. The smallest absolute Gasteiger partial charge is 0.254 e. The lowest BCUT2D eigenvalue weighted by Gasteiger charge is -2.22. The molecule has 1 saturated carbocycles. The Labute approximate surface area is 111 Å². The van der Waals surface area contributed by atoms with Crippen LogP contribution in [-0.4, -0.2) is 24.7 Å². The molecule has 5 heteroatoms. The molecule has 1 fully saturated rings. The van der Waals surface area contributed by atoms with Gasteiger partial charge < -0.3 is 5.32 Å². The van der Waals surface area contributed by atoms with E-state index in [1.165, 1.54) is 32.1 Å². The second kappa shape index (κ2) is 7.28. The molecule has 1 aliphatic rings. The minimum Gasteiger partial charge on any atom is -0.306 e. The number of carbonyl (C=O) groups excluding carboxylic acids is 1. The van der Waals surface area contributed by atoms with E-state index >= 15 is 0 Å². The Balaban J connectivity index is 1.62. The van der Waals surface area contributed by atoms with Crippen molar-refractivity contribution in [2.75, 3.05) is 6.54 Å². The lowest BCUT2D eigenvalue weighted by Crippen LogP contribution is -2.38. The largest absolute Gasteiger partial charge is 0.306 e. The third kappa shape index (κ3) is 4.58. The summed E-state index contributed by atoms with van der Waals surface area (Å²) < 4.78 is 0. The van der Waals surface area contributed by atoms with Gasteiger partial charge in [-0.3, -0.25) is 4.79 Å². The van der Waals surface area contributed by atoms with Crippen molar-refractivity contribution in [3.8, 4) is 0 Å². The summed E-state index contributed by atoms with van der Waals surface area (Å²) in [7, 11) is 0. The van der Waals surface area contributed by atoms with Crippen LogP contribution in [0.1, 0.15) is 37.0 Å². The summed E-state index contributed by atoms with van der Waals surface area (Å²) in [6.07, 6.45) is 7.92. The van der Waals surface area contributed by atoms with Gasteiger partial charge in [0.25, 0.3) is 5.91 Å². The molecular weight excluding hydrogens is 246 g/mol. The number of nitrogens with zero attached hydrogens (tertiary/aromatic N) is 1. The first-order valence-electron chi connectivity index (χ1n) is 6.43. The van der Waals surface area contributed by atoms with Gasteiger partial charge in [0.1, 0.15) is 0 Å². The Morgan fingerprint density at radius 2 is 2.28 bits per heavy atom. The Hall–Kier alpha value is -1.20. The van der Waals surface area contributed by atoms with Crippen LogP contribution < -0.4 is 10.7 Å². The maximum absolute atomic E-state index is 11.5. The van der Waals surface area contributed by atoms with Gasteiger partial charge in [-0.15, -0.1) is 11.3 Å². The van der Waals surface area contributed by atoms with Crippen LogP contribution in [-0.2, 0) is 4.79 Å². The number of nitrogens with one attached hydrogen (secondary N) is 2. The van der Waals surface area contributed by atoms with Crippen LogP contribution >= 0.6 is 11.3 Å². The van der Waals surface area contributed by atoms with Gasteiger partial charge >= 0.3 is 0 Å². The topological polar surface area (TPSA) is 53.5 Å². The first-order chi connectivity index (χ1) is 8.84. The fourth-order valence-corrected chi connectivity index (χ4v) is 2.70. The van der Waals surface area contributed by atoms with Gasteiger partial charge in [-0.2, -0.15) is 5.10 Å². The van der Waals surface area contributed by atoms with Gasteiger partial charge in [0.15, 0.2) is 0 Å². The third-order valence-electron chi connectivity index (χ3n) is 3.08. The summed E-state index contributed by atoms with van der Waals surface area (Å²) in [5, 5.41) is 9.19. The Morgan fingerprint density at radius 1 is 1.44 bits per heavy atom. The van der Waals surface area contributed by atoms with Crippen LogP contribution in [0.15, 0.2) is 22.6 Å². The van der Waals surface area contributed by atoms with Crippen molar-refractivity contribution in [3.63, 3.8) is 0 Å². The molecule has 0 unspecified atom stereocenters. The summed E-state index contributed by atoms with van der Waals surface area (Å²) in [5.74, 6) is -0.0756. The van der Waals surface area contributed by atoms with Crippen LogP contribution in [0.5, 0.6) is 0 Å². The molecule has 4 nitrogen and oxygen atoms in total. The molecule has 0 aromatic carbocycles. The predicted molar refractivity (Wildman–Crippen MR) is 74.9 cm³/mol. The van der Waals surface area contributed by atoms with E-state index in [1.54, 1.807) is 17.6 Å². The van der Waals surface area contributed by atoms with Crippen molar-refractivity contribution in [1.82, 2.24) is 10.7 Å². The van der Waals surface area contributed by atoms with Gasteiger partial charge in [0.2, 0.25) is 0 Å². The first kappa shape index (κ1) is 13.2. The van der Waals surface area contributed by atoms with Crippen molar-refractivity contribution >= 4 is 23.5 Å². The number of carbonyl (C=O) groups is 1. The van der Waals surface area contributed by atoms with Crippen LogP contribution in [0, 0.1) is 0 Å². The van der Waals surface area contributed by atoms with E-state index in [2.05, 4.69) is 15.8 Å². The highest BCUT2D eigenvalue weighted by molar-refractivity contribution is 7.11. The van der Waals surface area contributed by atoms with Gasteiger partial charge in [0.05, 0.1) is 12.8 Å². The molecule has 0 spiro atoms. The number of thiophene rings is 1. The summed E-state index contributed by atoms with van der Waals surface area (Å²) >= 11 is 1.59. The summed E-state index contributed by atoms with van der Waals surface area (Å²) in [5.41, 5.74) is 2.54. The van der Waals surface area contributed by atoms with E-state index in [9.17, 15) is 4.79 Å². The standard InChI is InChI=1S/C13H19N3OS/c17-13(10-14-11-5-2-1-3-6-11)16-15-9-12-7-4-8-18-12/h4,7-9,11,14H,1-3,5-6,10H2,(H,16,17)/b15-9-. The van der Waals surface area contributed by atoms with Gasteiger partial charge in [-0.05, 0) is 24.3 Å². The quantitative estimate of drug-likeness (QED) is 0.633. The lowest BCUT2D eigenvalue weighted by molar-refractivity contribution is -0.120. The molecule has 0 radical (unpaired) electrons. The highest BCUT2D eigenvalue weighted by atomic mass is 32.1. The number of hydrogen-bond acceptors (Lipinski definition) is 4. The highest BCUT2D eigenvalue weighted by Gasteiger charge is 2.13. The minimum atomic E-state index is -0.0756. The van der Waals surface area contributed by atoms with Crippen LogP contribution in [0.25, 0.3) is 0 Å². The predicted octanol–water partition coefficient (Wildman–Crippen LogP) is 2.12. The maximum Gasteiger partial charge on any atom is 0.254 e. The normalized spacial score (nSPS) is 17.1. The van der Waals surface area contributed by atoms with Crippen molar-refractivity contribution in [3.05, 3.63) is 22.4 Å². The lowest BCUT2D eigenvalue weighted by atomic mass is 9.95. The monoisotopic (exact) mass is 265 g/mol. The maximum atomic E-state index is 11.5. The molecule has 98 valence electrons. The van der Waals surface area contributed by atoms with Gasteiger partial charge in [-0.25, -0.2) is 5.43 Å². The van der Waals surface area contributed by atoms with E-state index in [4.69, 9.17) is 0 Å². The highest BCUT2D eigenvalue weighted by Crippen LogP contribution is 2.16.